The maximum atomic E-state index is 10.7. The lowest BCUT2D eigenvalue weighted by molar-refractivity contribution is -0.165. The SMILES string of the molecule is [CH2]C[C@@H]1[C@]2(C)CCCC(C)(C)[C@@H]2CC[C@@]1(C)O. The van der Waals surface area contributed by atoms with Gasteiger partial charge in [-0.3, -0.25) is 0 Å². The van der Waals surface area contributed by atoms with Crippen LogP contribution in [0.1, 0.15) is 66.2 Å². The van der Waals surface area contributed by atoms with Crippen molar-refractivity contribution in [1.82, 2.24) is 0 Å². The van der Waals surface area contributed by atoms with Crippen LogP contribution in [0.4, 0.5) is 0 Å². The topological polar surface area (TPSA) is 20.2 Å². The van der Waals surface area contributed by atoms with Gasteiger partial charge in [-0.1, -0.05) is 34.1 Å². The van der Waals surface area contributed by atoms with Gasteiger partial charge in [0.1, 0.15) is 0 Å². The normalized spacial score (nSPS) is 49.8. The van der Waals surface area contributed by atoms with E-state index in [1.54, 1.807) is 0 Å². The monoisotopic (exact) mass is 237 g/mol. The molecule has 0 unspecified atom stereocenters. The molecule has 0 aliphatic heterocycles. The van der Waals surface area contributed by atoms with Crippen LogP contribution in [0.25, 0.3) is 0 Å². The minimum atomic E-state index is -0.500. The fourth-order valence-electron chi connectivity index (χ4n) is 5.27. The molecule has 2 aliphatic carbocycles. The van der Waals surface area contributed by atoms with Crippen LogP contribution in [0.15, 0.2) is 0 Å². The number of hydrogen-bond acceptors (Lipinski definition) is 1. The lowest BCUT2D eigenvalue weighted by atomic mass is 9.45. The highest BCUT2D eigenvalue weighted by atomic mass is 16.3. The van der Waals surface area contributed by atoms with Crippen LogP contribution < -0.4 is 0 Å². The van der Waals surface area contributed by atoms with Crippen LogP contribution >= 0.6 is 0 Å². The quantitative estimate of drug-likeness (QED) is 0.724. The van der Waals surface area contributed by atoms with E-state index in [0.717, 1.165) is 18.8 Å². The van der Waals surface area contributed by atoms with Crippen LogP contribution in [0.2, 0.25) is 0 Å². The third kappa shape index (κ3) is 1.95. The fraction of sp³-hybridized carbons (Fsp3) is 0.938. The molecule has 0 aromatic rings. The predicted molar refractivity (Wildman–Crippen MR) is 72.6 cm³/mol. The van der Waals surface area contributed by atoms with Crippen molar-refractivity contribution >= 4 is 0 Å². The van der Waals surface area contributed by atoms with E-state index in [9.17, 15) is 5.11 Å². The molecule has 4 atom stereocenters. The van der Waals surface area contributed by atoms with Gasteiger partial charge in [0, 0.05) is 0 Å². The van der Waals surface area contributed by atoms with E-state index in [0.29, 0.717) is 16.7 Å². The minimum absolute atomic E-state index is 0.297. The Morgan fingerprint density at radius 1 is 1.12 bits per heavy atom. The first-order chi connectivity index (χ1) is 7.74. The van der Waals surface area contributed by atoms with Crippen molar-refractivity contribution in [2.24, 2.45) is 22.7 Å². The van der Waals surface area contributed by atoms with E-state index in [4.69, 9.17) is 0 Å². The van der Waals surface area contributed by atoms with E-state index in [1.165, 1.54) is 25.7 Å². The second-order valence-corrected chi connectivity index (χ2v) is 7.64. The molecule has 99 valence electrons. The second kappa shape index (κ2) is 3.98. The first-order valence-electron chi connectivity index (χ1n) is 7.26. The van der Waals surface area contributed by atoms with E-state index in [2.05, 4.69) is 27.7 Å². The number of rotatable bonds is 1. The summed E-state index contributed by atoms with van der Waals surface area (Å²) >= 11 is 0. The van der Waals surface area contributed by atoms with Crippen LogP contribution in [0.3, 0.4) is 0 Å². The summed E-state index contributed by atoms with van der Waals surface area (Å²) in [5.41, 5.74) is 0.239. The Morgan fingerprint density at radius 2 is 1.76 bits per heavy atom. The Bertz CT molecular complexity index is 280. The van der Waals surface area contributed by atoms with Gasteiger partial charge in [-0.25, -0.2) is 0 Å². The van der Waals surface area contributed by atoms with Crippen molar-refractivity contribution in [3.63, 3.8) is 0 Å². The summed E-state index contributed by atoms with van der Waals surface area (Å²) < 4.78 is 0. The summed E-state index contributed by atoms with van der Waals surface area (Å²) in [6.07, 6.45) is 6.95. The number of aliphatic hydroxyl groups is 1. The van der Waals surface area contributed by atoms with Crippen molar-refractivity contribution in [2.75, 3.05) is 0 Å². The van der Waals surface area contributed by atoms with Crippen LogP contribution in [0, 0.1) is 29.6 Å². The molecule has 2 fully saturated rings. The molecule has 2 rings (SSSR count). The molecule has 2 saturated carbocycles. The van der Waals surface area contributed by atoms with Gasteiger partial charge in [0.05, 0.1) is 5.60 Å². The molecule has 1 radical (unpaired) electrons. The zero-order valence-corrected chi connectivity index (χ0v) is 12.1. The highest BCUT2D eigenvalue weighted by Gasteiger charge is 2.57. The summed E-state index contributed by atoms with van der Waals surface area (Å²) in [7, 11) is 0. The predicted octanol–water partition coefficient (Wildman–Crippen LogP) is 4.20. The average Bonchev–Trinajstić information content (AvgIpc) is 2.14. The standard InChI is InChI=1S/C16H29O/c1-6-12-15(4)10-7-9-14(2,3)13(15)8-11-16(12,5)17/h12-13,17H,1,6-11H2,2-5H3/t12-,13+,15+,16-/m1/s1. The maximum Gasteiger partial charge on any atom is 0.0653 e. The Morgan fingerprint density at radius 3 is 2.35 bits per heavy atom. The summed E-state index contributed by atoms with van der Waals surface area (Å²) in [5, 5.41) is 10.7. The Hall–Kier alpha value is -0.0400. The highest BCUT2D eigenvalue weighted by Crippen LogP contribution is 2.62. The third-order valence-corrected chi connectivity index (χ3v) is 6.05. The van der Waals surface area contributed by atoms with E-state index >= 15 is 0 Å². The van der Waals surface area contributed by atoms with Crippen molar-refractivity contribution in [1.29, 1.82) is 0 Å². The van der Waals surface area contributed by atoms with Gasteiger partial charge in [0.15, 0.2) is 0 Å². The van der Waals surface area contributed by atoms with Gasteiger partial charge in [-0.05, 0) is 61.7 Å². The minimum Gasteiger partial charge on any atom is -0.390 e. The lowest BCUT2D eigenvalue weighted by Crippen LogP contribution is -2.57. The first kappa shape index (κ1) is 13.4. The average molecular weight is 237 g/mol. The van der Waals surface area contributed by atoms with Gasteiger partial charge in [-0.2, -0.15) is 0 Å². The highest BCUT2D eigenvalue weighted by molar-refractivity contribution is 5.07. The molecular weight excluding hydrogens is 208 g/mol. The molecule has 0 aromatic carbocycles. The largest absolute Gasteiger partial charge is 0.390 e. The zero-order valence-electron chi connectivity index (χ0n) is 12.1. The fourth-order valence-corrected chi connectivity index (χ4v) is 5.27. The molecule has 0 aromatic heterocycles. The Labute approximate surface area is 107 Å². The molecule has 1 heteroatoms. The third-order valence-electron chi connectivity index (χ3n) is 6.05. The molecule has 0 bridgehead atoms. The van der Waals surface area contributed by atoms with Gasteiger partial charge in [0.2, 0.25) is 0 Å². The smallest absolute Gasteiger partial charge is 0.0653 e. The van der Waals surface area contributed by atoms with Crippen LogP contribution in [-0.4, -0.2) is 10.7 Å². The first-order valence-corrected chi connectivity index (χ1v) is 7.26. The zero-order chi connectivity index (χ0) is 12.9. The Balaban J connectivity index is 2.37. The molecule has 0 spiro atoms. The van der Waals surface area contributed by atoms with E-state index < -0.39 is 5.60 Å². The number of hydrogen-bond donors (Lipinski definition) is 1. The van der Waals surface area contributed by atoms with Gasteiger partial charge >= 0.3 is 0 Å². The molecular formula is C16H29O. The summed E-state index contributed by atoms with van der Waals surface area (Å²) in [6, 6.07) is 0. The van der Waals surface area contributed by atoms with Gasteiger partial charge < -0.3 is 5.11 Å². The van der Waals surface area contributed by atoms with E-state index in [1.807, 2.05) is 6.92 Å². The molecule has 17 heavy (non-hydrogen) atoms. The van der Waals surface area contributed by atoms with Crippen LogP contribution in [-0.2, 0) is 0 Å². The molecule has 0 amide bonds. The summed E-state index contributed by atoms with van der Waals surface area (Å²) in [4.78, 5) is 0. The molecule has 0 heterocycles. The summed E-state index contributed by atoms with van der Waals surface area (Å²) in [5.74, 6) is 1.13. The van der Waals surface area contributed by atoms with Crippen molar-refractivity contribution in [2.45, 2.75) is 71.8 Å². The van der Waals surface area contributed by atoms with Gasteiger partial charge in [-0.15, -0.1) is 0 Å². The van der Waals surface area contributed by atoms with Crippen molar-refractivity contribution < 1.29 is 5.11 Å². The molecule has 0 saturated heterocycles. The number of fused-ring (bicyclic) bond motifs is 1. The van der Waals surface area contributed by atoms with Crippen molar-refractivity contribution in [3.05, 3.63) is 6.92 Å². The molecule has 1 nitrogen and oxygen atoms in total. The maximum absolute atomic E-state index is 10.7. The second-order valence-electron chi connectivity index (χ2n) is 7.64. The lowest BCUT2D eigenvalue weighted by Gasteiger charge is -2.61. The van der Waals surface area contributed by atoms with Crippen LogP contribution in [0.5, 0.6) is 0 Å². The van der Waals surface area contributed by atoms with Gasteiger partial charge in [0.25, 0.3) is 0 Å². The molecule has 1 N–H and O–H groups in total. The molecule has 2 aliphatic rings. The summed E-state index contributed by atoms with van der Waals surface area (Å²) in [6.45, 7) is 13.4. The van der Waals surface area contributed by atoms with Crippen molar-refractivity contribution in [3.8, 4) is 0 Å². The van der Waals surface area contributed by atoms with E-state index in [-0.39, 0.29) is 0 Å². The Kier molecular flexibility index (Phi) is 3.14.